The first-order valence-electron chi connectivity index (χ1n) is 5.94. The summed E-state index contributed by atoms with van der Waals surface area (Å²) in [5, 5.41) is 3.03. The Hall–Kier alpha value is -1.62. The average molecular weight is 234 g/mol. The Bertz CT molecular complexity index is 390. The molecule has 2 unspecified atom stereocenters. The molecule has 1 aromatic heterocycles. The standard InChI is InChI=1S/C12H18N4O/c1-8-3-2-4-10(8)15-12(17)11-6-5-9(16-13)7-14-11/h5-8,10,16H,2-4,13H2,1H3,(H,15,17). The van der Waals surface area contributed by atoms with Crippen LogP contribution in [-0.2, 0) is 0 Å². The predicted octanol–water partition coefficient (Wildman–Crippen LogP) is 1.29. The lowest BCUT2D eigenvalue weighted by Gasteiger charge is -2.16. The molecule has 0 spiro atoms. The molecule has 1 aliphatic carbocycles. The number of carbonyl (C=O) groups is 1. The number of hydrogen-bond acceptors (Lipinski definition) is 4. The molecule has 0 aliphatic heterocycles. The van der Waals surface area contributed by atoms with Gasteiger partial charge in [-0.3, -0.25) is 10.6 Å². The smallest absolute Gasteiger partial charge is 0.270 e. The first-order valence-corrected chi connectivity index (χ1v) is 5.94. The van der Waals surface area contributed by atoms with Crippen LogP contribution in [0.25, 0.3) is 0 Å². The first kappa shape index (κ1) is 11.9. The molecule has 4 N–H and O–H groups in total. The summed E-state index contributed by atoms with van der Waals surface area (Å²) in [5.74, 6) is 5.69. The topological polar surface area (TPSA) is 80.0 Å². The molecule has 0 aromatic carbocycles. The fraction of sp³-hybridized carbons (Fsp3) is 0.500. The molecule has 17 heavy (non-hydrogen) atoms. The third kappa shape index (κ3) is 2.74. The molecule has 1 amide bonds. The molecule has 2 rings (SSSR count). The number of amides is 1. The van der Waals surface area contributed by atoms with Crippen molar-refractivity contribution >= 4 is 11.6 Å². The summed E-state index contributed by atoms with van der Waals surface area (Å²) >= 11 is 0. The maximum absolute atomic E-state index is 11.9. The van der Waals surface area contributed by atoms with Gasteiger partial charge in [0.05, 0.1) is 11.9 Å². The fourth-order valence-electron chi connectivity index (χ4n) is 2.22. The molecule has 92 valence electrons. The highest BCUT2D eigenvalue weighted by Crippen LogP contribution is 2.24. The van der Waals surface area contributed by atoms with Gasteiger partial charge in [-0.25, -0.2) is 4.98 Å². The second kappa shape index (κ2) is 5.14. The van der Waals surface area contributed by atoms with E-state index in [2.05, 4.69) is 22.7 Å². The molecule has 0 bridgehead atoms. The number of aromatic nitrogens is 1. The summed E-state index contributed by atoms with van der Waals surface area (Å²) in [6.07, 6.45) is 4.99. The number of hydrazine groups is 1. The van der Waals surface area contributed by atoms with E-state index in [-0.39, 0.29) is 11.9 Å². The monoisotopic (exact) mass is 234 g/mol. The fourth-order valence-corrected chi connectivity index (χ4v) is 2.22. The summed E-state index contributed by atoms with van der Waals surface area (Å²) in [5.41, 5.74) is 3.60. The molecule has 1 aliphatic rings. The van der Waals surface area contributed by atoms with Crippen LogP contribution >= 0.6 is 0 Å². The summed E-state index contributed by atoms with van der Waals surface area (Å²) in [7, 11) is 0. The summed E-state index contributed by atoms with van der Waals surface area (Å²) < 4.78 is 0. The van der Waals surface area contributed by atoms with E-state index in [0.717, 1.165) is 6.42 Å². The van der Waals surface area contributed by atoms with Crippen LogP contribution in [0.3, 0.4) is 0 Å². The van der Waals surface area contributed by atoms with E-state index in [1.54, 1.807) is 18.3 Å². The number of carbonyl (C=O) groups excluding carboxylic acids is 1. The van der Waals surface area contributed by atoms with Gasteiger partial charge >= 0.3 is 0 Å². The lowest BCUT2D eigenvalue weighted by molar-refractivity contribution is 0.0924. The van der Waals surface area contributed by atoms with E-state index in [1.165, 1.54) is 12.8 Å². The molecule has 1 heterocycles. The largest absolute Gasteiger partial charge is 0.348 e. The second-order valence-corrected chi connectivity index (χ2v) is 4.56. The summed E-state index contributed by atoms with van der Waals surface area (Å²) in [4.78, 5) is 16.0. The summed E-state index contributed by atoms with van der Waals surface area (Å²) in [6, 6.07) is 3.70. The minimum Gasteiger partial charge on any atom is -0.348 e. The van der Waals surface area contributed by atoms with Crippen LogP contribution in [0.1, 0.15) is 36.7 Å². The van der Waals surface area contributed by atoms with Gasteiger partial charge in [0.25, 0.3) is 5.91 Å². The number of rotatable bonds is 3. The molecular weight excluding hydrogens is 216 g/mol. The molecule has 1 saturated carbocycles. The maximum atomic E-state index is 11.9. The molecule has 1 fully saturated rings. The Balaban J connectivity index is 1.99. The van der Waals surface area contributed by atoms with E-state index < -0.39 is 0 Å². The molecular formula is C12H18N4O. The Morgan fingerprint density at radius 2 is 2.29 bits per heavy atom. The van der Waals surface area contributed by atoms with E-state index in [4.69, 9.17) is 5.84 Å². The highest BCUT2D eigenvalue weighted by atomic mass is 16.1. The molecule has 5 nitrogen and oxygen atoms in total. The lowest BCUT2D eigenvalue weighted by Crippen LogP contribution is -2.36. The number of nitrogen functional groups attached to an aromatic ring is 1. The number of anilines is 1. The number of pyridine rings is 1. The van der Waals surface area contributed by atoms with Crippen molar-refractivity contribution in [2.45, 2.75) is 32.2 Å². The SMILES string of the molecule is CC1CCCC1NC(=O)c1ccc(NN)cn1. The number of nitrogens with two attached hydrogens (primary N) is 1. The maximum Gasteiger partial charge on any atom is 0.270 e. The van der Waals surface area contributed by atoms with Crippen LogP contribution in [0.15, 0.2) is 18.3 Å². The third-order valence-corrected chi connectivity index (χ3v) is 3.34. The van der Waals surface area contributed by atoms with Crippen LogP contribution in [0.5, 0.6) is 0 Å². The zero-order valence-electron chi connectivity index (χ0n) is 9.94. The van der Waals surface area contributed by atoms with Crippen molar-refractivity contribution in [1.82, 2.24) is 10.3 Å². The Morgan fingerprint density at radius 3 is 2.82 bits per heavy atom. The van der Waals surface area contributed by atoms with Crippen molar-refractivity contribution < 1.29 is 4.79 Å². The van der Waals surface area contributed by atoms with Gasteiger partial charge in [0.1, 0.15) is 5.69 Å². The number of nitrogens with one attached hydrogen (secondary N) is 2. The van der Waals surface area contributed by atoms with Gasteiger partial charge in [0.15, 0.2) is 0 Å². The molecule has 2 atom stereocenters. The Morgan fingerprint density at radius 1 is 1.47 bits per heavy atom. The van der Waals surface area contributed by atoms with Gasteiger partial charge in [-0.2, -0.15) is 0 Å². The van der Waals surface area contributed by atoms with Crippen LogP contribution in [0.2, 0.25) is 0 Å². The van der Waals surface area contributed by atoms with Gasteiger partial charge in [-0.05, 0) is 30.9 Å². The number of hydrogen-bond donors (Lipinski definition) is 3. The Kier molecular flexibility index (Phi) is 3.58. The van der Waals surface area contributed by atoms with Gasteiger partial charge in [0.2, 0.25) is 0 Å². The number of nitrogens with zero attached hydrogens (tertiary/aromatic N) is 1. The highest BCUT2D eigenvalue weighted by molar-refractivity contribution is 5.92. The summed E-state index contributed by atoms with van der Waals surface area (Å²) in [6.45, 7) is 2.17. The van der Waals surface area contributed by atoms with E-state index in [1.807, 2.05) is 0 Å². The minimum absolute atomic E-state index is 0.104. The molecule has 5 heteroatoms. The van der Waals surface area contributed by atoms with Gasteiger partial charge in [-0.1, -0.05) is 13.3 Å². The normalized spacial score (nSPS) is 23.4. The van der Waals surface area contributed by atoms with Gasteiger partial charge < -0.3 is 10.7 Å². The van der Waals surface area contributed by atoms with E-state index in [9.17, 15) is 4.79 Å². The molecule has 0 radical (unpaired) electrons. The molecule has 1 aromatic rings. The van der Waals surface area contributed by atoms with Crippen molar-refractivity contribution in [3.63, 3.8) is 0 Å². The van der Waals surface area contributed by atoms with Crippen molar-refractivity contribution in [2.24, 2.45) is 11.8 Å². The highest BCUT2D eigenvalue weighted by Gasteiger charge is 2.25. The quantitative estimate of drug-likeness (QED) is 0.544. The van der Waals surface area contributed by atoms with Crippen LogP contribution < -0.4 is 16.6 Å². The van der Waals surface area contributed by atoms with Crippen molar-refractivity contribution in [3.05, 3.63) is 24.0 Å². The van der Waals surface area contributed by atoms with E-state index >= 15 is 0 Å². The second-order valence-electron chi connectivity index (χ2n) is 4.56. The van der Waals surface area contributed by atoms with Crippen molar-refractivity contribution in [3.8, 4) is 0 Å². The van der Waals surface area contributed by atoms with Gasteiger partial charge in [-0.15, -0.1) is 0 Å². The average Bonchev–Trinajstić information content (AvgIpc) is 2.75. The van der Waals surface area contributed by atoms with E-state index in [0.29, 0.717) is 17.3 Å². The zero-order valence-corrected chi connectivity index (χ0v) is 9.94. The molecule has 0 saturated heterocycles. The van der Waals surface area contributed by atoms with Crippen LogP contribution in [0, 0.1) is 5.92 Å². The first-order chi connectivity index (χ1) is 8.20. The van der Waals surface area contributed by atoms with Crippen LogP contribution in [0.4, 0.5) is 5.69 Å². The van der Waals surface area contributed by atoms with Crippen LogP contribution in [-0.4, -0.2) is 16.9 Å². The van der Waals surface area contributed by atoms with Crippen molar-refractivity contribution in [2.75, 3.05) is 5.43 Å². The van der Waals surface area contributed by atoms with Crippen molar-refractivity contribution in [1.29, 1.82) is 0 Å². The predicted molar refractivity (Wildman–Crippen MR) is 66.3 cm³/mol. The lowest BCUT2D eigenvalue weighted by atomic mass is 10.1. The van der Waals surface area contributed by atoms with Gasteiger partial charge in [0, 0.05) is 6.04 Å². The third-order valence-electron chi connectivity index (χ3n) is 3.34. The minimum atomic E-state index is -0.104. The zero-order chi connectivity index (χ0) is 12.3. The Labute approximate surface area is 101 Å².